The van der Waals surface area contributed by atoms with Crippen LogP contribution in [0.5, 0.6) is 0 Å². The number of amides is 1. The van der Waals surface area contributed by atoms with Crippen molar-refractivity contribution in [1.82, 2.24) is 19.9 Å². The number of nitrogens with zero attached hydrogens (tertiary/aromatic N) is 4. The van der Waals surface area contributed by atoms with Crippen LogP contribution in [-0.4, -0.2) is 32.3 Å². The van der Waals surface area contributed by atoms with E-state index in [0.29, 0.717) is 18.8 Å². The van der Waals surface area contributed by atoms with Gasteiger partial charge in [-0.2, -0.15) is 0 Å². The minimum Gasteiger partial charge on any atom is -0.333 e. The summed E-state index contributed by atoms with van der Waals surface area (Å²) in [6.45, 7) is 5.36. The molecule has 5 heteroatoms. The first kappa shape index (κ1) is 16.9. The second kappa shape index (κ2) is 7.75. The number of carbonyl (C=O) groups is 1. The molecule has 0 aliphatic heterocycles. The average Bonchev–Trinajstić information content (AvgIpc) is 3.12. The van der Waals surface area contributed by atoms with Crippen molar-refractivity contribution in [3.05, 3.63) is 77.6 Å². The summed E-state index contributed by atoms with van der Waals surface area (Å²) >= 11 is 0. The zero-order chi connectivity index (χ0) is 17.6. The molecule has 2 aromatic carbocycles. The van der Waals surface area contributed by atoms with E-state index < -0.39 is 0 Å². The highest BCUT2D eigenvalue weighted by Gasteiger charge is 2.19. The number of hydrogen-bond donors (Lipinski definition) is 0. The molecule has 0 spiro atoms. The van der Waals surface area contributed by atoms with E-state index in [1.54, 1.807) is 10.9 Å². The predicted molar refractivity (Wildman–Crippen MR) is 97.6 cm³/mol. The van der Waals surface area contributed by atoms with E-state index in [-0.39, 0.29) is 5.91 Å². The largest absolute Gasteiger partial charge is 0.333 e. The van der Waals surface area contributed by atoms with Crippen LogP contribution in [0.2, 0.25) is 0 Å². The normalized spacial score (nSPS) is 10.6. The van der Waals surface area contributed by atoms with Crippen LogP contribution in [0.4, 0.5) is 0 Å². The maximum Gasteiger partial charge on any atom is 0.276 e. The summed E-state index contributed by atoms with van der Waals surface area (Å²) in [6, 6.07) is 17.9. The van der Waals surface area contributed by atoms with E-state index in [1.165, 1.54) is 5.56 Å². The van der Waals surface area contributed by atoms with Crippen LogP contribution in [0.1, 0.15) is 35.0 Å². The molecule has 1 aromatic heterocycles. The molecule has 5 nitrogen and oxygen atoms in total. The number of benzene rings is 2. The lowest BCUT2D eigenvalue weighted by Crippen LogP contribution is -2.31. The molecule has 0 fully saturated rings. The third kappa shape index (κ3) is 4.12. The summed E-state index contributed by atoms with van der Waals surface area (Å²) in [5.74, 6) is -0.0935. The lowest BCUT2D eigenvalue weighted by atomic mass is 10.2. The molecule has 0 aliphatic rings. The Labute approximate surface area is 147 Å². The van der Waals surface area contributed by atoms with Crippen LogP contribution >= 0.6 is 0 Å². The first-order chi connectivity index (χ1) is 12.2. The van der Waals surface area contributed by atoms with Gasteiger partial charge in [-0.3, -0.25) is 4.79 Å². The van der Waals surface area contributed by atoms with Crippen molar-refractivity contribution < 1.29 is 4.79 Å². The van der Waals surface area contributed by atoms with Crippen molar-refractivity contribution in [3.8, 4) is 5.69 Å². The maximum atomic E-state index is 12.8. The van der Waals surface area contributed by atoms with E-state index in [1.807, 2.05) is 66.4 Å². The number of carbonyl (C=O) groups excluding carboxylic acids is 1. The van der Waals surface area contributed by atoms with E-state index in [0.717, 1.165) is 17.7 Å². The highest BCUT2D eigenvalue weighted by atomic mass is 16.2. The van der Waals surface area contributed by atoms with Gasteiger partial charge in [0.15, 0.2) is 5.69 Å². The van der Waals surface area contributed by atoms with Crippen LogP contribution in [0.15, 0.2) is 60.8 Å². The van der Waals surface area contributed by atoms with Crippen molar-refractivity contribution in [2.24, 2.45) is 0 Å². The van der Waals surface area contributed by atoms with Gasteiger partial charge in [0.05, 0.1) is 11.9 Å². The predicted octanol–water partition coefficient (Wildman–Crippen LogP) is 3.63. The molecule has 0 radical (unpaired) electrons. The summed E-state index contributed by atoms with van der Waals surface area (Å²) in [7, 11) is 0. The summed E-state index contributed by atoms with van der Waals surface area (Å²) < 4.78 is 1.64. The Morgan fingerprint density at radius 3 is 2.48 bits per heavy atom. The van der Waals surface area contributed by atoms with Crippen molar-refractivity contribution in [3.63, 3.8) is 0 Å². The second-order valence-electron chi connectivity index (χ2n) is 6.10. The van der Waals surface area contributed by atoms with Gasteiger partial charge in [0, 0.05) is 13.1 Å². The number of aromatic nitrogens is 3. The average molecular weight is 334 g/mol. The Morgan fingerprint density at radius 2 is 1.80 bits per heavy atom. The van der Waals surface area contributed by atoms with Gasteiger partial charge < -0.3 is 4.90 Å². The standard InChI is InChI=1S/C20H22N4O/c1-3-13-23(14-17-7-5-4-6-8-17)20(25)19-15-24(22-21-19)18-11-9-16(2)10-12-18/h4-12,15H,3,13-14H2,1-2H3. The van der Waals surface area contributed by atoms with Crippen molar-refractivity contribution >= 4 is 5.91 Å². The summed E-state index contributed by atoms with van der Waals surface area (Å²) in [6.07, 6.45) is 2.59. The quantitative estimate of drug-likeness (QED) is 0.692. The minimum atomic E-state index is -0.0935. The molecular weight excluding hydrogens is 312 g/mol. The lowest BCUT2D eigenvalue weighted by molar-refractivity contribution is 0.0737. The number of aryl methyl sites for hydroxylation is 1. The number of hydrogen-bond acceptors (Lipinski definition) is 3. The molecule has 3 aromatic rings. The summed E-state index contributed by atoms with van der Waals surface area (Å²) in [4.78, 5) is 14.7. The van der Waals surface area contributed by atoms with Gasteiger partial charge in [0.25, 0.3) is 5.91 Å². The molecule has 0 saturated carbocycles. The van der Waals surface area contributed by atoms with Crippen LogP contribution < -0.4 is 0 Å². The molecule has 0 saturated heterocycles. The first-order valence-corrected chi connectivity index (χ1v) is 8.50. The molecule has 0 N–H and O–H groups in total. The Kier molecular flexibility index (Phi) is 5.23. The second-order valence-corrected chi connectivity index (χ2v) is 6.10. The van der Waals surface area contributed by atoms with Crippen molar-refractivity contribution in [1.29, 1.82) is 0 Å². The molecule has 25 heavy (non-hydrogen) atoms. The molecule has 1 amide bonds. The van der Waals surface area contributed by atoms with Crippen molar-refractivity contribution in [2.45, 2.75) is 26.8 Å². The highest BCUT2D eigenvalue weighted by Crippen LogP contribution is 2.12. The zero-order valence-corrected chi connectivity index (χ0v) is 14.6. The fraction of sp³-hybridized carbons (Fsp3) is 0.250. The smallest absolute Gasteiger partial charge is 0.276 e. The van der Waals surface area contributed by atoms with Gasteiger partial charge in [-0.25, -0.2) is 4.68 Å². The SMILES string of the molecule is CCCN(Cc1ccccc1)C(=O)c1cn(-c2ccc(C)cc2)nn1. The molecule has 0 bridgehead atoms. The number of rotatable bonds is 6. The van der Waals surface area contributed by atoms with Crippen LogP contribution in [0, 0.1) is 6.92 Å². The van der Waals surface area contributed by atoms with Gasteiger partial charge in [-0.15, -0.1) is 5.10 Å². The fourth-order valence-corrected chi connectivity index (χ4v) is 2.67. The van der Waals surface area contributed by atoms with Gasteiger partial charge in [-0.1, -0.05) is 60.2 Å². The van der Waals surface area contributed by atoms with Crippen LogP contribution in [0.25, 0.3) is 5.69 Å². The lowest BCUT2D eigenvalue weighted by Gasteiger charge is -2.21. The van der Waals surface area contributed by atoms with Gasteiger partial charge in [-0.05, 0) is 31.0 Å². The highest BCUT2D eigenvalue weighted by molar-refractivity contribution is 5.92. The minimum absolute atomic E-state index is 0.0935. The molecule has 0 unspecified atom stereocenters. The Morgan fingerprint density at radius 1 is 1.08 bits per heavy atom. The van der Waals surface area contributed by atoms with Gasteiger partial charge in [0.1, 0.15) is 0 Å². The fourth-order valence-electron chi connectivity index (χ4n) is 2.67. The van der Waals surface area contributed by atoms with E-state index >= 15 is 0 Å². The zero-order valence-electron chi connectivity index (χ0n) is 14.6. The molecule has 128 valence electrons. The van der Waals surface area contributed by atoms with E-state index in [9.17, 15) is 4.79 Å². The van der Waals surface area contributed by atoms with E-state index in [2.05, 4.69) is 17.2 Å². The monoisotopic (exact) mass is 334 g/mol. The molecule has 0 aliphatic carbocycles. The Bertz CT molecular complexity index is 824. The molecular formula is C20H22N4O. The Hall–Kier alpha value is -2.95. The van der Waals surface area contributed by atoms with E-state index in [4.69, 9.17) is 0 Å². The Balaban J connectivity index is 1.79. The van der Waals surface area contributed by atoms with Crippen molar-refractivity contribution in [2.75, 3.05) is 6.54 Å². The van der Waals surface area contributed by atoms with Gasteiger partial charge >= 0.3 is 0 Å². The van der Waals surface area contributed by atoms with Crippen LogP contribution in [-0.2, 0) is 6.54 Å². The summed E-state index contributed by atoms with van der Waals surface area (Å²) in [5, 5.41) is 8.19. The van der Waals surface area contributed by atoms with Crippen LogP contribution in [0.3, 0.4) is 0 Å². The molecule has 0 atom stereocenters. The molecule has 1 heterocycles. The third-order valence-corrected chi connectivity index (χ3v) is 4.01. The summed E-state index contributed by atoms with van der Waals surface area (Å²) in [5.41, 5.74) is 3.54. The first-order valence-electron chi connectivity index (χ1n) is 8.50. The topological polar surface area (TPSA) is 51.0 Å². The molecule has 3 rings (SSSR count). The third-order valence-electron chi connectivity index (χ3n) is 4.01. The van der Waals surface area contributed by atoms with Gasteiger partial charge in [0.2, 0.25) is 0 Å². The maximum absolute atomic E-state index is 12.8.